The molecule has 0 saturated heterocycles. The molecule has 1 saturated carbocycles. The van der Waals surface area contributed by atoms with Crippen molar-refractivity contribution in [3.05, 3.63) is 34.6 Å². The fourth-order valence-electron chi connectivity index (χ4n) is 3.22. The van der Waals surface area contributed by atoms with E-state index in [1.807, 2.05) is 7.05 Å². The molecule has 0 amide bonds. The maximum atomic E-state index is 14.0. The molecule has 2 nitrogen and oxygen atoms in total. The van der Waals surface area contributed by atoms with Gasteiger partial charge in [0.15, 0.2) is 0 Å². The molecule has 1 aromatic carbocycles. The van der Waals surface area contributed by atoms with Gasteiger partial charge in [0.1, 0.15) is 5.82 Å². The molecule has 0 heterocycles. The Morgan fingerprint density at radius 1 is 1.35 bits per heavy atom. The number of rotatable bonds is 5. The number of benzene rings is 1. The summed E-state index contributed by atoms with van der Waals surface area (Å²) in [5.74, 6) is 0.491. The Morgan fingerprint density at radius 3 is 2.70 bits per heavy atom. The Morgan fingerprint density at radius 2 is 2.05 bits per heavy atom. The van der Waals surface area contributed by atoms with Crippen molar-refractivity contribution in [3.8, 4) is 0 Å². The Balaban J connectivity index is 2.07. The fraction of sp³-hybridized carbons (Fsp3) is 0.625. The van der Waals surface area contributed by atoms with Crippen molar-refractivity contribution in [2.45, 2.75) is 38.1 Å². The topological polar surface area (TPSA) is 29.3 Å². The standard InChI is InChI=1S/C16H24ClFN2/c1-20(11-12-5-3-2-4-6-12)16(10-19)14-9-13(17)7-8-15(14)18/h7-9,12,16H,2-6,10-11,19H2,1H3. The van der Waals surface area contributed by atoms with Crippen LogP contribution in [0.2, 0.25) is 5.02 Å². The van der Waals surface area contributed by atoms with Crippen molar-refractivity contribution in [1.82, 2.24) is 4.90 Å². The number of hydrogen-bond acceptors (Lipinski definition) is 2. The van der Waals surface area contributed by atoms with Crippen LogP contribution in [0.3, 0.4) is 0 Å². The van der Waals surface area contributed by atoms with Gasteiger partial charge < -0.3 is 5.73 Å². The lowest BCUT2D eigenvalue weighted by molar-refractivity contribution is 0.183. The van der Waals surface area contributed by atoms with Gasteiger partial charge in [-0.3, -0.25) is 4.90 Å². The van der Waals surface area contributed by atoms with Gasteiger partial charge in [-0.15, -0.1) is 0 Å². The second-order valence-electron chi connectivity index (χ2n) is 5.86. The van der Waals surface area contributed by atoms with E-state index in [0.717, 1.165) is 6.54 Å². The average molecular weight is 299 g/mol. The minimum atomic E-state index is -0.222. The third kappa shape index (κ3) is 3.94. The maximum absolute atomic E-state index is 14.0. The monoisotopic (exact) mass is 298 g/mol. The summed E-state index contributed by atoms with van der Waals surface area (Å²) in [7, 11) is 2.03. The van der Waals surface area contributed by atoms with Crippen LogP contribution in [-0.2, 0) is 0 Å². The summed E-state index contributed by atoms with van der Waals surface area (Å²) < 4.78 is 14.0. The van der Waals surface area contributed by atoms with E-state index in [9.17, 15) is 4.39 Å². The van der Waals surface area contributed by atoms with Crippen LogP contribution in [-0.4, -0.2) is 25.0 Å². The van der Waals surface area contributed by atoms with E-state index < -0.39 is 0 Å². The van der Waals surface area contributed by atoms with Crippen LogP contribution < -0.4 is 5.73 Å². The van der Waals surface area contributed by atoms with Crippen LogP contribution in [0.4, 0.5) is 4.39 Å². The van der Waals surface area contributed by atoms with Gasteiger partial charge in [-0.2, -0.15) is 0 Å². The highest BCUT2D eigenvalue weighted by Crippen LogP contribution is 2.29. The van der Waals surface area contributed by atoms with E-state index in [0.29, 0.717) is 23.0 Å². The zero-order chi connectivity index (χ0) is 14.5. The number of hydrogen-bond donors (Lipinski definition) is 1. The van der Waals surface area contributed by atoms with Crippen molar-refractivity contribution in [2.24, 2.45) is 11.7 Å². The number of likely N-dealkylation sites (N-methyl/N-ethyl adjacent to an activating group) is 1. The number of nitrogens with zero attached hydrogens (tertiary/aromatic N) is 1. The Kier molecular flexibility index (Phi) is 5.82. The van der Waals surface area contributed by atoms with Crippen LogP contribution in [0.25, 0.3) is 0 Å². The lowest BCUT2D eigenvalue weighted by atomic mass is 9.88. The first-order chi connectivity index (χ1) is 9.61. The van der Waals surface area contributed by atoms with E-state index in [1.165, 1.54) is 38.2 Å². The van der Waals surface area contributed by atoms with Gasteiger partial charge in [0.2, 0.25) is 0 Å². The van der Waals surface area contributed by atoms with Crippen molar-refractivity contribution in [3.63, 3.8) is 0 Å². The molecule has 20 heavy (non-hydrogen) atoms. The zero-order valence-electron chi connectivity index (χ0n) is 12.1. The first kappa shape index (κ1) is 15.7. The molecule has 1 unspecified atom stereocenters. The Bertz CT molecular complexity index is 432. The minimum Gasteiger partial charge on any atom is -0.329 e. The first-order valence-corrected chi connectivity index (χ1v) is 7.85. The highest BCUT2D eigenvalue weighted by Gasteiger charge is 2.23. The van der Waals surface area contributed by atoms with Crippen LogP contribution in [0.15, 0.2) is 18.2 Å². The zero-order valence-corrected chi connectivity index (χ0v) is 12.9. The lowest BCUT2D eigenvalue weighted by Gasteiger charge is -2.32. The molecule has 0 spiro atoms. The van der Waals surface area contributed by atoms with Gasteiger partial charge in [-0.05, 0) is 44.0 Å². The molecule has 1 atom stereocenters. The predicted octanol–water partition coefficient (Wildman–Crippen LogP) is 3.99. The number of nitrogens with two attached hydrogens (primary N) is 1. The molecule has 0 bridgehead atoms. The Hall–Kier alpha value is -0.640. The largest absolute Gasteiger partial charge is 0.329 e. The summed E-state index contributed by atoms with van der Waals surface area (Å²) in [6, 6.07) is 4.60. The number of halogens is 2. The summed E-state index contributed by atoms with van der Waals surface area (Å²) in [5.41, 5.74) is 6.49. The first-order valence-electron chi connectivity index (χ1n) is 7.47. The van der Waals surface area contributed by atoms with Crippen LogP contribution >= 0.6 is 11.6 Å². The molecule has 4 heteroatoms. The summed E-state index contributed by atoms with van der Waals surface area (Å²) in [4.78, 5) is 2.19. The summed E-state index contributed by atoms with van der Waals surface area (Å²) in [6.07, 6.45) is 6.54. The quantitative estimate of drug-likeness (QED) is 0.890. The van der Waals surface area contributed by atoms with E-state index in [4.69, 9.17) is 17.3 Å². The molecule has 0 radical (unpaired) electrons. The molecule has 1 fully saturated rings. The van der Waals surface area contributed by atoms with Gasteiger partial charge in [0, 0.05) is 29.7 Å². The Labute approximate surface area is 126 Å². The molecular formula is C16H24ClFN2. The van der Waals surface area contributed by atoms with E-state index in [2.05, 4.69) is 4.90 Å². The maximum Gasteiger partial charge on any atom is 0.128 e. The van der Waals surface area contributed by atoms with E-state index in [1.54, 1.807) is 12.1 Å². The lowest BCUT2D eigenvalue weighted by Crippen LogP contribution is -2.35. The van der Waals surface area contributed by atoms with Crippen LogP contribution in [0.1, 0.15) is 43.7 Å². The molecule has 0 aromatic heterocycles. The van der Waals surface area contributed by atoms with Gasteiger partial charge in [-0.1, -0.05) is 30.9 Å². The predicted molar refractivity (Wildman–Crippen MR) is 82.4 cm³/mol. The van der Waals surface area contributed by atoms with Gasteiger partial charge in [0.25, 0.3) is 0 Å². The van der Waals surface area contributed by atoms with Crippen LogP contribution in [0.5, 0.6) is 0 Å². The van der Waals surface area contributed by atoms with Gasteiger partial charge >= 0.3 is 0 Å². The summed E-state index contributed by atoms with van der Waals surface area (Å²) in [5, 5.41) is 0.561. The second kappa shape index (κ2) is 7.39. The van der Waals surface area contributed by atoms with Crippen molar-refractivity contribution in [2.75, 3.05) is 20.1 Å². The third-order valence-corrected chi connectivity index (χ3v) is 4.58. The summed E-state index contributed by atoms with van der Waals surface area (Å²) in [6.45, 7) is 1.38. The van der Waals surface area contributed by atoms with E-state index >= 15 is 0 Å². The van der Waals surface area contributed by atoms with Gasteiger partial charge in [0.05, 0.1) is 0 Å². The molecule has 1 aliphatic rings. The second-order valence-corrected chi connectivity index (χ2v) is 6.30. The fourth-order valence-corrected chi connectivity index (χ4v) is 3.40. The van der Waals surface area contributed by atoms with Crippen LogP contribution in [0, 0.1) is 11.7 Å². The minimum absolute atomic E-state index is 0.101. The van der Waals surface area contributed by atoms with Crippen molar-refractivity contribution >= 4 is 11.6 Å². The normalized spacial score (nSPS) is 18.4. The highest BCUT2D eigenvalue weighted by molar-refractivity contribution is 6.30. The molecule has 0 aliphatic heterocycles. The third-order valence-electron chi connectivity index (χ3n) is 4.34. The smallest absolute Gasteiger partial charge is 0.128 e. The molecule has 112 valence electrons. The summed E-state index contributed by atoms with van der Waals surface area (Å²) >= 11 is 5.99. The van der Waals surface area contributed by atoms with E-state index in [-0.39, 0.29) is 11.9 Å². The van der Waals surface area contributed by atoms with Crippen molar-refractivity contribution in [1.29, 1.82) is 0 Å². The molecule has 1 aliphatic carbocycles. The molecule has 2 N–H and O–H groups in total. The average Bonchev–Trinajstić information content (AvgIpc) is 2.44. The highest BCUT2D eigenvalue weighted by atomic mass is 35.5. The van der Waals surface area contributed by atoms with Gasteiger partial charge in [-0.25, -0.2) is 4.39 Å². The molecular weight excluding hydrogens is 275 g/mol. The molecule has 2 rings (SSSR count). The SMILES string of the molecule is CN(CC1CCCCC1)C(CN)c1cc(Cl)ccc1F. The van der Waals surface area contributed by atoms with Crippen molar-refractivity contribution < 1.29 is 4.39 Å². The molecule has 1 aromatic rings.